The van der Waals surface area contributed by atoms with E-state index in [-0.39, 0.29) is 17.5 Å². The van der Waals surface area contributed by atoms with E-state index >= 15 is 0 Å². The summed E-state index contributed by atoms with van der Waals surface area (Å²) in [4.78, 5) is 26.2. The van der Waals surface area contributed by atoms with E-state index < -0.39 is 6.04 Å². The topological polar surface area (TPSA) is 78.4 Å². The van der Waals surface area contributed by atoms with Gasteiger partial charge in [-0.1, -0.05) is 0 Å². The Bertz CT molecular complexity index is 456. The van der Waals surface area contributed by atoms with Gasteiger partial charge in [-0.2, -0.15) is 0 Å². The van der Waals surface area contributed by atoms with Crippen molar-refractivity contribution in [1.29, 1.82) is 0 Å². The second-order valence-corrected chi connectivity index (χ2v) is 4.60. The second-order valence-electron chi connectivity index (χ2n) is 4.60. The Labute approximate surface area is 112 Å². The number of nitrogens with one attached hydrogen (secondary N) is 1. The highest BCUT2D eigenvalue weighted by Gasteiger charge is 2.16. The van der Waals surface area contributed by atoms with Crippen LogP contribution in [-0.2, 0) is 4.79 Å². The monoisotopic (exact) mass is 265 g/mol. The van der Waals surface area contributed by atoms with Crippen molar-refractivity contribution in [1.82, 2.24) is 20.0 Å². The molecule has 1 heterocycles. The van der Waals surface area contributed by atoms with E-state index in [0.29, 0.717) is 5.82 Å². The maximum atomic E-state index is 11.7. The lowest BCUT2D eigenvalue weighted by Crippen LogP contribution is -2.36. The van der Waals surface area contributed by atoms with E-state index in [1.54, 1.807) is 47.2 Å². The zero-order chi connectivity index (χ0) is 14.6. The van der Waals surface area contributed by atoms with Crippen molar-refractivity contribution >= 4 is 17.6 Å². The summed E-state index contributed by atoms with van der Waals surface area (Å²) in [7, 11) is 6.66. The highest BCUT2D eigenvalue weighted by Crippen LogP contribution is 2.06. The summed E-state index contributed by atoms with van der Waals surface area (Å²) in [5, 5.41) is 10.6. The molecule has 0 aliphatic heterocycles. The molecule has 1 N–H and O–H groups in total. The highest BCUT2D eigenvalue weighted by atomic mass is 16.2. The van der Waals surface area contributed by atoms with Crippen LogP contribution in [-0.4, -0.2) is 66.0 Å². The number of hydrogen-bond donors (Lipinski definition) is 1. The van der Waals surface area contributed by atoms with Crippen LogP contribution in [0, 0.1) is 0 Å². The fourth-order valence-electron chi connectivity index (χ4n) is 1.42. The van der Waals surface area contributed by atoms with Crippen molar-refractivity contribution in [3.05, 3.63) is 17.8 Å². The zero-order valence-electron chi connectivity index (χ0n) is 11.8. The minimum Gasteiger partial charge on any atom is -0.357 e. The minimum absolute atomic E-state index is 0.0600. The Morgan fingerprint density at radius 2 is 1.74 bits per heavy atom. The van der Waals surface area contributed by atoms with Gasteiger partial charge in [0.25, 0.3) is 5.91 Å². The number of nitrogens with zero attached hydrogens (tertiary/aromatic N) is 4. The molecule has 1 rings (SSSR count). The van der Waals surface area contributed by atoms with Gasteiger partial charge >= 0.3 is 0 Å². The predicted octanol–water partition coefficient (Wildman–Crippen LogP) is 0.0670. The quantitative estimate of drug-likeness (QED) is 0.833. The van der Waals surface area contributed by atoms with E-state index in [1.807, 2.05) is 0 Å². The summed E-state index contributed by atoms with van der Waals surface area (Å²) in [6, 6.07) is 2.80. The van der Waals surface area contributed by atoms with Crippen molar-refractivity contribution in [2.45, 2.75) is 13.0 Å². The van der Waals surface area contributed by atoms with Crippen LogP contribution >= 0.6 is 0 Å². The van der Waals surface area contributed by atoms with Gasteiger partial charge in [-0.05, 0) is 19.1 Å². The Kier molecular flexibility index (Phi) is 4.80. The average Bonchev–Trinajstić information content (AvgIpc) is 2.37. The molecule has 0 bridgehead atoms. The van der Waals surface area contributed by atoms with Crippen LogP contribution in [0.5, 0.6) is 0 Å². The van der Waals surface area contributed by atoms with Gasteiger partial charge in [0, 0.05) is 28.2 Å². The summed E-state index contributed by atoms with van der Waals surface area (Å²) in [6.07, 6.45) is 0. The van der Waals surface area contributed by atoms with Crippen LogP contribution in [0.25, 0.3) is 0 Å². The van der Waals surface area contributed by atoms with Gasteiger partial charge in [0.2, 0.25) is 5.91 Å². The van der Waals surface area contributed by atoms with E-state index in [1.165, 1.54) is 9.80 Å². The van der Waals surface area contributed by atoms with Crippen molar-refractivity contribution in [2.75, 3.05) is 33.5 Å². The lowest BCUT2D eigenvalue weighted by atomic mass is 10.3. The first-order chi connectivity index (χ1) is 8.82. The smallest absolute Gasteiger partial charge is 0.273 e. The Hall–Kier alpha value is -2.18. The largest absolute Gasteiger partial charge is 0.357 e. The standard InChI is InChI=1S/C12H19N5O2/c1-8(11(18)16(2)3)13-10-7-6-9(14-15-10)12(19)17(4)5/h6-8H,1-5H3,(H,13,15). The summed E-state index contributed by atoms with van der Waals surface area (Å²) in [6.45, 7) is 1.74. The molecule has 0 saturated carbocycles. The van der Waals surface area contributed by atoms with Crippen LogP contribution in [0.3, 0.4) is 0 Å². The molecule has 1 unspecified atom stereocenters. The molecule has 19 heavy (non-hydrogen) atoms. The lowest BCUT2D eigenvalue weighted by molar-refractivity contribution is -0.129. The van der Waals surface area contributed by atoms with Crippen molar-refractivity contribution in [2.24, 2.45) is 0 Å². The normalized spacial score (nSPS) is 11.6. The number of carbonyl (C=O) groups excluding carboxylic acids is 2. The number of rotatable bonds is 4. The maximum absolute atomic E-state index is 11.7. The predicted molar refractivity (Wildman–Crippen MR) is 71.8 cm³/mol. The molecular formula is C12H19N5O2. The summed E-state index contributed by atoms with van der Waals surface area (Å²) in [5.74, 6) is 0.185. The van der Waals surface area contributed by atoms with Gasteiger partial charge in [-0.3, -0.25) is 9.59 Å². The SMILES string of the molecule is CC(Nc1ccc(C(=O)N(C)C)nn1)C(=O)N(C)C. The first-order valence-electron chi connectivity index (χ1n) is 5.86. The Morgan fingerprint density at radius 1 is 1.11 bits per heavy atom. The van der Waals surface area contributed by atoms with Crippen LogP contribution in [0.15, 0.2) is 12.1 Å². The maximum Gasteiger partial charge on any atom is 0.273 e. The number of hydrogen-bond acceptors (Lipinski definition) is 5. The van der Waals surface area contributed by atoms with Crippen molar-refractivity contribution < 1.29 is 9.59 Å². The molecule has 1 aromatic heterocycles. The molecule has 7 nitrogen and oxygen atoms in total. The average molecular weight is 265 g/mol. The zero-order valence-corrected chi connectivity index (χ0v) is 11.8. The lowest BCUT2D eigenvalue weighted by Gasteiger charge is -2.18. The van der Waals surface area contributed by atoms with Crippen molar-refractivity contribution in [3.8, 4) is 0 Å². The fraction of sp³-hybridized carbons (Fsp3) is 0.500. The molecule has 0 aliphatic rings. The molecule has 7 heteroatoms. The third kappa shape index (κ3) is 3.90. The third-order valence-electron chi connectivity index (χ3n) is 2.47. The van der Waals surface area contributed by atoms with Crippen LogP contribution in [0.2, 0.25) is 0 Å². The number of aromatic nitrogens is 2. The Balaban J connectivity index is 2.72. The summed E-state index contributed by atoms with van der Waals surface area (Å²) >= 11 is 0. The Morgan fingerprint density at radius 3 is 2.16 bits per heavy atom. The minimum atomic E-state index is -0.403. The molecule has 0 aromatic carbocycles. The van der Waals surface area contributed by atoms with Gasteiger partial charge in [0.15, 0.2) is 5.69 Å². The number of likely N-dealkylation sites (N-methyl/N-ethyl adjacent to an activating group) is 1. The molecular weight excluding hydrogens is 246 g/mol. The first-order valence-corrected chi connectivity index (χ1v) is 5.86. The molecule has 1 aromatic rings. The van der Waals surface area contributed by atoms with Crippen LogP contribution in [0.1, 0.15) is 17.4 Å². The van der Waals surface area contributed by atoms with E-state index in [0.717, 1.165) is 0 Å². The molecule has 0 aliphatic carbocycles. The summed E-state index contributed by atoms with van der Waals surface area (Å²) in [5.41, 5.74) is 0.266. The van der Waals surface area contributed by atoms with Gasteiger partial charge in [-0.15, -0.1) is 10.2 Å². The molecule has 1 atom stereocenters. The second kappa shape index (κ2) is 6.12. The highest BCUT2D eigenvalue weighted by molar-refractivity contribution is 5.91. The van der Waals surface area contributed by atoms with Gasteiger partial charge in [0.05, 0.1) is 0 Å². The molecule has 0 saturated heterocycles. The molecule has 0 spiro atoms. The summed E-state index contributed by atoms with van der Waals surface area (Å²) < 4.78 is 0. The van der Waals surface area contributed by atoms with E-state index in [9.17, 15) is 9.59 Å². The van der Waals surface area contributed by atoms with Crippen LogP contribution < -0.4 is 5.32 Å². The molecule has 0 fully saturated rings. The third-order valence-corrected chi connectivity index (χ3v) is 2.47. The number of amides is 2. The number of carbonyl (C=O) groups is 2. The van der Waals surface area contributed by atoms with Gasteiger partial charge in [0.1, 0.15) is 11.9 Å². The first kappa shape index (κ1) is 14.9. The van der Waals surface area contributed by atoms with Crippen molar-refractivity contribution in [3.63, 3.8) is 0 Å². The molecule has 0 radical (unpaired) electrons. The fourth-order valence-corrected chi connectivity index (χ4v) is 1.42. The molecule has 104 valence electrons. The van der Waals surface area contributed by atoms with Gasteiger partial charge in [-0.25, -0.2) is 0 Å². The number of anilines is 1. The van der Waals surface area contributed by atoms with E-state index in [2.05, 4.69) is 15.5 Å². The van der Waals surface area contributed by atoms with Gasteiger partial charge < -0.3 is 15.1 Å². The molecule has 2 amide bonds. The van der Waals surface area contributed by atoms with Crippen LogP contribution in [0.4, 0.5) is 5.82 Å². The van der Waals surface area contributed by atoms with E-state index in [4.69, 9.17) is 0 Å².